The van der Waals surface area contributed by atoms with Crippen molar-refractivity contribution in [3.05, 3.63) is 51.9 Å². The number of ether oxygens (including phenoxy) is 1. The van der Waals surface area contributed by atoms with Gasteiger partial charge < -0.3 is 9.64 Å². The molecule has 5 heteroatoms. The van der Waals surface area contributed by atoms with E-state index in [1.807, 2.05) is 38.1 Å². The van der Waals surface area contributed by atoms with Crippen LogP contribution in [0.5, 0.6) is 11.5 Å². The van der Waals surface area contributed by atoms with Crippen LogP contribution in [0.4, 0.5) is 0 Å². The molecule has 1 aromatic heterocycles. The fourth-order valence-electron chi connectivity index (χ4n) is 1.93. The number of benzene rings is 1. The molecule has 1 heterocycles. The Morgan fingerprint density at radius 1 is 1.19 bits per heavy atom. The van der Waals surface area contributed by atoms with Crippen LogP contribution in [0.15, 0.2) is 42.6 Å². The lowest BCUT2D eigenvalue weighted by Crippen LogP contribution is -2.31. The number of amides is 1. The number of carbonyl (C=O) groups excluding carboxylic acids is 1. The summed E-state index contributed by atoms with van der Waals surface area (Å²) in [6, 6.07) is 11.2. The summed E-state index contributed by atoms with van der Waals surface area (Å²) in [5.41, 5.74) is 0.404. The van der Waals surface area contributed by atoms with Gasteiger partial charge in [0.2, 0.25) is 0 Å². The zero-order valence-electron chi connectivity index (χ0n) is 12.0. The lowest BCUT2D eigenvalue weighted by Gasteiger charge is -2.18. The van der Waals surface area contributed by atoms with E-state index in [1.54, 1.807) is 23.2 Å². The van der Waals surface area contributed by atoms with Crippen LogP contribution in [0.2, 0.25) is 0 Å². The Bertz CT molecular complexity index is 627. The molecule has 110 valence electrons. The van der Waals surface area contributed by atoms with Crippen molar-refractivity contribution < 1.29 is 9.53 Å². The molecule has 0 atom stereocenters. The number of halogens is 1. The highest BCUT2D eigenvalue weighted by Crippen LogP contribution is 2.23. The molecule has 0 bridgehead atoms. The summed E-state index contributed by atoms with van der Waals surface area (Å²) >= 11 is 2.23. The van der Waals surface area contributed by atoms with E-state index in [-0.39, 0.29) is 5.91 Å². The van der Waals surface area contributed by atoms with Crippen LogP contribution in [0, 0.1) is 3.57 Å². The van der Waals surface area contributed by atoms with E-state index >= 15 is 0 Å². The first-order valence-electron chi connectivity index (χ1n) is 6.82. The van der Waals surface area contributed by atoms with Crippen LogP contribution in [0.25, 0.3) is 0 Å². The Kier molecular flexibility index (Phi) is 5.55. The van der Waals surface area contributed by atoms with Gasteiger partial charge in [-0.1, -0.05) is 6.07 Å². The average Bonchev–Trinajstić information content (AvgIpc) is 2.48. The average molecular weight is 396 g/mol. The molecule has 2 aromatic rings. The number of rotatable bonds is 5. The summed E-state index contributed by atoms with van der Waals surface area (Å²) in [5.74, 6) is 1.28. The maximum Gasteiger partial charge on any atom is 0.272 e. The Hall–Kier alpha value is -1.63. The van der Waals surface area contributed by atoms with Crippen LogP contribution >= 0.6 is 22.6 Å². The molecule has 1 aromatic carbocycles. The Morgan fingerprint density at radius 3 is 2.57 bits per heavy atom. The Morgan fingerprint density at radius 2 is 1.90 bits per heavy atom. The molecule has 0 aliphatic rings. The topological polar surface area (TPSA) is 42.4 Å². The van der Waals surface area contributed by atoms with Gasteiger partial charge in [0.25, 0.3) is 5.91 Å². The highest BCUT2D eigenvalue weighted by molar-refractivity contribution is 14.1. The number of hydrogen-bond donors (Lipinski definition) is 0. The molecular formula is C16H17IN2O2. The van der Waals surface area contributed by atoms with Crippen molar-refractivity contribution in [2.45, 2.75) is 13.8 Å². The molecule has 0 aliphatic carbocycles. The fraction of sp³-hybridized carbons (Fsp3) is 0.250. The second-order valence-corrected chi connectivity index (χ2v) is 5.66. The van der Waals surface area contributed by atoms with Gasteiger partial charge in [-0.25, -0.2) is 0 Å². The molecule has 0 aliphatic heterocycles. The molecule has 4 nitrogen and oxygen atoms in total. The maximum absolute atomic E-state index is 12.3. The minimum Gasteiger partial charge on any atom is -0.457 e. The van der Waals surface area contributed by atoms with Gasteiger partial charge in [-0.05, 0) is 60.7 Å². The largest absolute Gasteiger partial charge is 0.457 e. The van der Waals surface area contributed by atoms with Gasteiger partial charge in [0.15, 0.2) is 0 Å². The molecule has 0 radical (unpaired) electrons. The van der Waals surface area contributed by atoms with Gasteiger partial charge in [0.1, 0.15) is 17.2 Å². The summed E-state index contributed by atoms with van der Waals surface area (Å²) in [6.45, 7) is 5.24. The number of hydrogen-bond acceptors (Lipinski definition) is 3. The third-order valence-electron chi connectivity index (χ3n) is 3.03. The van der Waals surface area contributed by atoms with Crippen molar-refractivity contribution in [3.8, 4) is 11.5 Å². The van der Waals surface area contributed by atoms with Crippen LogP contribution in [0.3, 0.4) is 0 Å². The molecule has 1 amide bonds. The van der Waals surface area contributed by atoms with E-state index in [1.165, 1.54) is 0 Å². The van der Waals surface area contributed by atoms with E-state index < -0.39 is 0 Å². The fourth-order valence-corrected chi connectivity index (χ4v) is 2.45. The van der Waals surface area contributed by atoms with Crippen molar-refractivity contribution in [2.24, 2.45) is 0 Å². The number of carbonyl (C=O) groups is 1. The summed E-state index contributed by atoms with van der Waals surface area (Å²) in [5, 5.41) is 0. The first-order chi connectivity index (χ1) is 10.1. The smallest absolute Gasteiger partial charge is 0.272 e. The number of nitrogens with zero attached hydrogens (tertiary/aromatic N) is 2. The van der Waals surface area contributed by atoms with E-state index in [2.05, 4.69) is 27.6 Å². The van der Waals surface area contributed by atoms with E-state index in [0.717, 1.165) is 9.32 Å². The van der Waals surface area contributed by atoms with E-state index in [0.29, 0.717) is 24.5 Å². The van der Waals surface area contributed by atoms with E-state index in [9.17, 15) is 4.79 Å². The summed E-state index contributed by atoms with van der Waals surface area (Å²) < 4.78 is 6.88. The van der Waals surface area contributed by atoms with Crippen LogP contribution in [-0.4, -0.2) is 28.9 Å². The molecule has 21 heavy (non-hydrogen) atoms. The summed E-state index contributed by atoms with van der Waals surface area (Å²) in [6.07, 6.45) is 1.60. The molecule has 0 saturated carbocycles. The standard InChI is InChI=1S/C16H17IN2O2/c1-3-19(4-2)16(20)15-11-14(8-9-18-15)21-13-7-5-6-12(17)10-13/h5-11H,3-4H2,1-2H3. The highest BCUT2D eigenvalue weighted by Gasteiger charge is 2.14. The predicted octanol–water partition coefficient (Wildman–Crippen LogP) is 3.96. The normalized spacial score (nSPS) is 10.2. The highest BCUT2D eigenvalue weighted by atomic mass is 127. The first kappa shape index (κ1) is 15.8. The van der Waals surface area contributed by atoms with Gasteiger partial charge in [0, 0.05) is 28.9 Å². The summed E-state index contributed by atoms with van der Waals surface area (Å²) in [7, 11) is 0. The summed E-state index contributed by atoms with van der Waals surface area (Å²) in [4.78, 5) is 18.1. The van der Waals surface area contributed by atoms with Crippen molar-refractivity contribution in [1.29, 1.82) is 0 Å². The first-order valence-corrected chi connectivity index (χ1v) is 7.90. The monoisotopic (exact) mass is 396 g/mol. The lowest BCUT2D eigenvalue weighted by molar-refractivity contribution is 0.0767. The van der Waals surface area contributed by atoms with Gasteiger partial charge in [0.05, 0.1) is 0 Å². The second-order valence-electron chi connectivity index (χ2n) is 4.41. The Balaban J connectivity index is 2.20. The minimum atomic E-state index is -0.0758. The van der Waals surface area contributed by atoms with Crippen LogP contribution < -0.4 is 4.74 Å². The van der Waals surface area contributed by atoms with Crippen molar-refractivity contribution in [1.82, 2.24) is 9.88 Å². The molecular weight excluding hydrogens is 379 g/mol. The molecule has 0 N–H and O–H groups in total. The zero-order chi connectivity index (χ0) is 15.2. The molecule has 2 rings (SSSR count). The van der Waals surface area contributed by atoms with Gasteiger partial charge in [-0.2, -0.15) is 0 Å². The van der Waals surface area contributed by atoms with Crippen LogP contribution in [0.1, 0.15) is 24.3 Å². The molecule has 0 saturated heterocycles. The zero-order valence-corrected chi connectivity index (χ0v) is 14.2. The predicted molar refractivity (Wildman–Crippen MR) is 90.7 cm³/mol. The molecule has 0 unspecified atom stereocenters. The van der Waals surface area contributed by atoms with Crippen molar-refractivity contribution in [2.75, 3.05) is 13.1 Å². The van der Waals surface area contributed by atoms with E-state index in [4.69, 9.17) is 4.74 Å². The van der Waals surface area contributed by atoms with Gasteiger partial charge >= 0.3 is 0 Å². The minimum absolute atomic E-state index is 0.0758. The third kappa shape index (κ3) is 4.17. The SMILES string of the molecule is CCN(CC)C(=O)c1cc(Oc2cccc(I)c2)ccn1. The molecule has 0 spiro atoms. The van der Waals surface area contributed by atoms with Gasteiger partial charge in [-0.15, -0.1) is 0 Å². The van der Waals surface area contributed by atoms with Crippen molar-refractivity contribution >= 4 is 28.5 Å². The molecule has 0 fully saturated rings. The maximum atomic E-state index is 12.3. The Labute approximate surface area is 138 Å². The van der Waals surface area contributed by atoms with Gasteiger partial charge in [-0.3, -0.25) is 9.78 Å². The third-order valence-corrected chi connectivity index (χ3v) is 3.70. The second kappa shape index (κ2) is 7.40. The number of aromatic nitrogens is 1. The number of pyridine rings is 1. The quantitative estimate of drug-likeness (QED) is 0.719. The van der Waals surface area contributed by atoms with Crippen molar-refractivity contribution in [3.63, 3.8) is 0 Å². The lowest BCUT2D eigenvalue weighted by atomic mass is 10.3. The van der Waals surface area contributed by atoms with Crippen LogP contribution in [-0.2, 0) is 0 Å².